The summed E-state index contributed by atoms with van der Waals surface area (Å²) in [7, 11) is 1.82. The first-order valence-corrected chi connectivity index (χ1v) is 44.3. The quantitative estimate of drug-likeness (QED) is 0.0310. The minimum Gasteiger partial charge on any atom is -0.394 e. The maximum atomic E-state index is 14.4. The molecule has 4 amide bonds. The maximum Gasteiger partial charge on any atom is 0.260 e. The Labute approximate surface area is 770 Å². The number of carbonyl (C=O) groups excluding carboxylic acids is 4. The Bertz CT molecular complexity index is 7620. The summed E-state index contributed by atoms with van der Waals surface area (Å²) in [4.78, 5) is 128. The van der Waals surface area contributed by atoms with E-state index in [0.29, 0.717) is 141 Å². The number of aromatic nitrogens is 17. The van der Waals surface area contributed by atoms with E-state index in [0.717, 1.165) is 64.4 Å². The highest BCUT2D eigenvalue weighted by Gasteiger charge is 2.31. The first kappa shape index (κ1) is 92.4. The van der Waals surface area contributed by atoms with E-state index in [2.05, 4.69) is 84.5 Å². The highest BCUT2D eigenvalue weighted by Crippen LogP contribution is 2.36. The number of allylic oxidation sites excluding steroid dienone is 1. The summed E-state index contributed by atoms with van der Waals surface area (Å²) in [5.41, 5.74) is 10.4. The molecular weight excluding hydrogens is 1740 g/mol. The lowest BCUT2D eigenvalue weighted by Crippen LogP contribution is -2.36. The van der Waals surface area contributed by atoms with Crippen molar-refractivity contribution < 1.29 is 29.4 Å². The number of aryl methyl sites for hydroxylation is 5. The molecule has 32 nitrogen and oxygen atoms in total. The Morgan fingerprint density at radius 1 is 0.455 bits per heavy atom. The molecule has 35 heteroatoms. The molecule has 0 saturated heterocycles. The van der Waals surface area contributed by atoms with Crippen LogP contribution in [-0.2, 0) is 19.6 Å². The number of carbonyl (C=O) groups is 4. The molecule has 676 valence electrons. The minimum atomic E-state index is -1.15. The molecule has 0 bridgehead atoms. The van der Waals surface area contributed by atoms with Gasteiger partial charge in [-0.1, -0.05) is 115 Å². The van der Waals surface area contributed by atoms with Crippen LogP contribution in [0.5, 0.6) is 0 Å². The molecule has 4 aromatic carbocycles. The van der Waals surface area contributed by atoms with E-state index in [1.165, 1.54) is 15.5 Å². The van der Waals surface area contributed by atoms with Gasteiger partial charge >= 0.3 is 0 Å². The van der Waals surface area contributed by atoms with Crippen LogP contribution in [-0.4, -0.2) is 142 Å². The van der Waals surface area contributed by atoms with Crippen LogP contribution in [0, 0.1) is 34.6 Å². The molecule has 13 aromatic heterocycles. The number of halogens is 3. The van der Waals surface area contributed by atoms with Gasteiger partial charge in [-0.05, 0) is 194 Å². The SMILES string of the molecule is C=CCn1c([C@H](C)NC(=O)c2c(C)nn3cccnc23)cc2cccc(Cl)c2c1=O.CNCCn1c([C@H](C)NC(=O)c2c(C)nn3cccnc23)cc2cccc(Cl)c2c1=O.Cc1cc(-c2cccc3cc([C@H](C)NC(=O)c4c(C)nn5cccnc45)n(C4CCCCC4)c(=O)c23)ccn1.Cc1nn2cccnc2c1C(=O)N[C@@H](C)c1cc2cccc(Cl)c2c(=O)n1CC(O)CO. The summed E-state index contributed by atoms with van der Waals surface area (Å²) in [6.07, 6.45) is 21.0. The van der Waals surface area contributed by atoms with Crippen molar-refractivity contribution in [2.24, 2.45) is 0 Å². The first-order chi connectivity index (χ1) is 63.6. The fourth-order valence-corrected chi connectivity index (χ4v) is 18.0. The fraction of sp³-hybridized carbons (Fsp3) is 0.268. The van der Waals surface area contributed by atoms with Gasteiger partial charge in [-0.2, -0.15) is 20.4 Å². The van der Waals surface area contributed by atoms with Crippen LogP contribution in [0.3, 0.4) is 0 Å². The van der Waals surface area contributed by atoms with E-state index >= 15 is 0 Å². The van der Waals surface area contributed by atoms with Gasteiger partial charge in [0.2, 0.25) is 0 Å². The Kier molecular flexibility index (Phi) is 28.0. The first-order valence-electron chi connectivity index (χ1n) is 43.1. The summed E-state index contributed by atoms with van der Waals surface area (Å²) in [6.45, 7) is 20.8. The zero-order chi connectivity index (χ0) is 93.6. The number of rotatable bonds is 22. The Morgan fingerprint density at radius 2 is 0.818 bits per heavy atom. The van der Waals surface area contributed by atoms with Crippen molar-refractivity contribution in [2.75, 3.05) is 20.2 Å². The molecule has 1 fully saturated rings. The summed E-state index contributed by atoms with van der Waals surface area (Å²) in [5, 5.41) is 57.9. The molecule has 0 radical (unpaired) electrons. The number of aliphatic hydroxyl groups excluding tert-OH is 2. The Morgan fingerprint density at radius 3 is 1.21 bits per heavy atom. The average molecular weight is 1840 g/mol. The second-order valence-electron chi connectivity index (χ2n) is 32.5. The van der Waals surface area contributed by atoms with Crippen LogP contribution in [0.4, 0.5) is 0 Å². The third kappa shape index (κ3) is 18.8. The number of hydrogen-bond acceptors (Lipinski definition) is 20. The van der Waals surface area contributed by atoms with Gasteiger partial charge in [-0.25, -0.2) is 38.0 Å². The number of fused-ring (bicyclic) bond motifs is 8. The van der Waals surface area contributed by atoms with Crippen LogP contribution in [0.1, 0.15) is 183 Å². The predicted molar refractivity (Wildman–Crippen MR) is 510 cm³/mol. The molecule has 5 atom stereocenters. The smallest absolute Gasteiger partial charge is 0.260 e. The minimum absolute atomic E-state index is 0.00519. The number of aliphatic hydroxyl groups is 2. The number of hydrogen-bond donors (Lipinski definition) is 7. The second kappa shape index (κ2) is 40.0. The lowest BCUT2D eigenvalue weighted by Gasteiger charge is -2.30. The molecule has 132 heavy (non-hydrogen) atoms. The van der Waals surface area contributed by atoms with Gasteiger partial charge in [-0.3, -0.25) is 43.3 Å². The van der Waals surface area contributed by atoms with Crippen molar-refractivity contribution in [1.82, 2.24) is 108 Å². The zero-order valence-corrected chi connectivity index (χ0v) is 76.4. The molecule has 1 aliphatic carbocycles. The highest BCUT2D eigenvalue weighted by molar-refractivity contribution is 6.36. The molecule has 1 aliphatic rings. The molecule has 1 saturated carbocycles. The monoisotopic (exact) mass is 1830 g/mol. The lowest BCUT2D eigenvalue weighted by atomic mass is 9.93. The van der Waals surface area contributed by atoms with Crippen LogP contribution >= 0.6 is 34.8 Å². The summed E-state index contributed by atoms with van der Waals surface area (Å²) in [5.74, 6) is -1.25. The molecule has 13 heterocycles. The van der Waals surface area contributed by atoms with E-state index in [1.54, 1.807) is 179 Å². The maximum absolute atomic E-state index is 14.4. The largest absolute Gasteiger partial charge is 0.394 e. The van der Waals surface area contributed by atoms with Crippen LogP contribution in [0.2, 0.25) is 15.1 Å². The van der Waals surface area contributed by atoms with E-state index in [1.807, 2.05) is 107 Å². The van der Waals surface area contributed by atoms with E-state index < -0.39 is 48.3 Å². The fourth-order valence-electron chi connectivity index (χ4n) is 17.3. The third-order valence-electron chi connectivity index (χ3n) is 23.5. The number of pyridine rings is 5. The Balaban J connectivity index is 0.000000135. The number of benzene rings is 4. The van der Waals surface area contributed by atoms with Gasteiger partial charge in [0.15, 0.2) is 22.6 Å². The summed E-state index contributed by atoms with van der Waals surface area (Å²) < 4.78 is 12.8. The third-order valence-corrected chi connectivity index (χ3v) is 24.4. The van der Waals surface area contributed by atoms with Crippen molar-refractivity contribution in [3.8, 4) is 11.1 Å². The standard InChI is InChI=1S/C31H32N6O2.C22H23ClN6O2.C22H22ClN5O4.C22H20ClN5O2/c1-19-17-22(13-15-32-19)25-12-7-9-23-18-26(37(31(39)28(23)25)24-10-5-4-6-11-24)20(2)34-30(38)27-21(3)35-36-16-8-14-33-29(27)36;1-13(26-21(30)18-14(2)27-29-10-5-8-25-20(18)29)17-12-15-6-4-7-16(23)19(15)22(31)28(17)11-9-24-3;1-12(25-21(31)18-13(2)26-28-8-4-7-24-20(18)28)17-9-14-5-3-6-16(23)19(14)22(32)27(17)10-15(30)11-29;1-4-10-27-17(12-15-7-5-8-16(23)19(15)22(27)30)13(2)25-21(29)18-14(3)26-28-11-6-9-24-20(18)28/h7-9,12-18,20,24H,4-6,10-11H2,1-3H3,(H,34,38);4-8,10,12-13,24H,9,11H2,1-3H3,(H,26,30);3-9,12,15,29-30H,10-11H2,1-2H3,(H,25,31);4-9,11-13H,1,10H2,2-3H3,(H,25,29)/t20-;13-;12-,15?;13-/m0000/s1. The molecule has 17 aromatic rings. The van der Waals surface area contributed by atoms with E-state index in [-0.39, 0.29) is 52.0 Å². The van der Waals surface area contributed by atoms with E-state index in [9.17, 15) is 48.6 Å². The molecule has 0 aliphatic heterocycles. The van der Waals surface area contributed by atoms with Crippen molar-refractivity contribution in [3.05, 3.63) is 332 Å². The van der Waals surface area contributed by atoms with Gasteiger partial charge in [0.25, 0.3) is 45.9 Å². The van der Waals surface area contributed by atoms with Gasteiger partial charge in [0.1, 0.15) is 22.3 Å². The van der Waals surface area contributed by atoms with Gasteiger partial charge in [-0.15, -0.1) is 6.58 Å². The molecule has 18 rings (SSSR count). The normalized spacial score (nSPS) is 13.4. The number of nitrogens with one attached hydrogen (secondary N) is 5. The molecular formula is C97H97Cl3N22O10. The molecule has 0 spiro atoms. The zero-order valence-electron chi connectivity index (χ0n) is 74.1. The summed E-state index contributed by atoms with van der Waals surface area (Å²) in [6, 6.07) is 38.5. The number of nitrogens with zero attached hydrogens (tertiary/aromatic N) is 17. The number of likely N-dealkylation sites (N-methyl/N-ethyl adjacent to an activating group) is 1. The van der Waals surface area contributed by atoms with Crippen molar-refractivity contribution >= 4 is 124 Å². The molecule has 7 N–H and O–H groups in total. The van der Waals surface area contributed by atoms with Crippen molar-refractivity contribution in [1.29, 1.82) is 0 Å². The van der Waals surface area contributed by atoms with Crippen molar-refractivity contribution in [2.45, 2.75) is 150 Å². The predicted octanol–water partition coefficient (Wildman–Crippen LogP) is 14.0. The van der Waals surface area contributed by atoms with E-state index in [4.69, 9.17) is 34.8 Å². The number of amides is 4. The average Bonchev–Trinajstić information content (AvgIpc) is 1.62. The van der Waals surface area contributed by atoms with Crippen LogP contribution in [0.25, 0.3) is 76.8 Å². The Hall–Kier alpha value is -14.3. The topological polar surface area (TPSA) is 391 Å². The van der Waals surface area contributed by atoms with Gasteiger partial charge < -0.3 is 55.1 Å². The van der Waals surface area contributed by atoms with Gasteiger partial charge in [0.05, 0.1) is 103 Å². The lowest BCUT2D eigenvalue weighted by molar-refractivity contribution is 0.0791. The highest BCUT2D eigenvalue weighted by atomic mass is 35.5. The van der Waals surface area contributed by atoms with Crippen LogP contribution in [0.15, 0.2) is 221 Å². The van der Waals surface area contributed by atoms with Crippen molar-refractivity contribution in [3.63, 3.8) is 0 Å². The summed E-state index contributed by atoms with van der Waals surface area (Å²) >= 11 is 18.8. The van der Waals surface area contributed by atoms with Gasteiger partial charge in [0, 0.05) is 110 Å². The molecule has 1 unspecified atom stereocenters. The second-order valence-corrected chi connectivity index (χ2v) is 33.7. The van der Waals surface area contributed by atoms with Crippen LogP contribution < -0.4 is 48.8 Å².